The van der Waals surface area contributed by atoms with Crippen molar-refractivity contribution in [3.8, 4) is 0 Å². The quantitative estimate of drug-likeness (QED) is 0.910. The molecule has 0 saturated heterocycles. The minimum atomic E-state index is -3.62. The van der Waals surface area contributed by atoms with Crippen LogP contribution in [0.15, 0.2) is 37.2 Å². The average Bonchev–Trinajstić information content (AvgIpc) is 2.65. The van der Waals surface area contributed by atoms with Gasteiger partial charge in [0.15, 0.2) is 0 Å². The highest BCUT2D eigenvalue weighted by Crippen LogP contribution is 2.31. The second-order valence-electron chi connectivity index (χ2n) is 3.99. The van der Waals surface area contributed by atoms with E-state index in [0.717, 1.165) is 20.7 Å². The van der Waals surface area contributed by atoms with E-state index in [1.807, 2.05) is 6.92 Å². The van der Waals surface area contributed by atoms with Gasteiger partial charge in [0.25, 0.3) is 10.0 Å². The van der Waals surface area contributed by atoms with Gasteiger partial charge < -0.3 is 4.57 Å². The van der Waals surface area contributed by atoms with Crippen LogP contribution in [0.4, 0.5) is 5.69 Å². The van der Waals surface area contributed by atoms with Crippen LogP contribution < -0.4 is 10.3 Å². The normalized spacial score (nSPS) is 11.5. The molecule has 8 heteroatoms. The monoisotopic (exact) mass is 362 g/mol. The Labute approximate surface area is 123 Å². The molecule has 0 fully saturated rings. The highest BCUT2D eigenvalue weighted by atomic mass is 79.9. The Morgan fingerprint density at radius 1 is 1.37 bits per heavy atom. The number of sulfonamides is 1. The number of nitrogens with zero attached hydrogens (tertiary/aromatic N) is 1. The summed E-state index contributed by atoms with van der Waals surface area (Å²) in [6.07, 6.45) is 1.44. The maximum Gasteiger partial charge on any atom is 0.271 e. The second kappa shape index (κ2) is 5.10. The van der Waals surface area contributed by atoms with Crippen molar-refractivity contribution in [2.24, 2.45) is 7.05 Å². The number of thiophene rings is 1. The molecule has 0 aliphatic carbocycles. The van der Waals surface area contributed by atoms with E-state index in [9.17, 15) is 13.2 Å². The van der Waals surface area contributed by atoms with E-state index < -0.39 is 10.0 Å². The molecular weight excluding hydrogens is 352 g/mol. The van der Waals surface area contributed by atoms with Gasteiger partial charge in [-0.1, -0.05) is 0 Å². The zero-order valence-corrected chi connectivity index (χ0v) is 13.4. The summed E-state index contributed by atoms with van der Waals surface area (Å²) in [5, 5.41) is 0. The largest absolute Gasteiger partial charge is 0.316 e. The highest BCUT2D eigenvalue weighted by molar-refractivity contribution is 9.11. The van der Waals surface area contributed by atoms with Gasteiger partial charge in [-0.15, -0.1) is 11.3 Å². The maximum absolute atomic E-state index is 12.2. The molecule has 2 aromatic heterocycles. The van der Waals surface area contributed by atoms with Gasteiger partial charge in [0.05, 0.1) is 9.47 Å². The molecule has 2 heterocycles. The maximum atomic E-state index is 12.2. The van der Waals surface area contributed by atoms with Crippen LogP contribution in [0, 0.1) is 6.92 Å². The third kappa shape index (κ3) is 3.07. The lowest BCUT2D eigenvalue weighted by atomic mass is 10.4. The Bertz CT molecular complexity index is 758. The van der Waals surface area contributed by atoms with Crippen LogP contribution in [0.2, 0.25) is 0 Å². The highest BCUT2D eigenvalue weighted by Gasteiger charge is 2.18. The first-order valence-corrected chi connectivity index (χ1v) is 8.34. The van der Waals surface area contributed by atoms with E-state index in [2.05, 4.69) is 20.7 Å². The first-order chi connectivity index (χ1) is 8.79. The van der Waals surface area contributed by atoms with Crippen LogP contribution >= 0.6 is 27.3 Å². The molecule has 5 nitrogen and oxygen atoms in total. The third-order valence-corrected chi connectivity index (χ3v) is 6.43. The molecule has 0 atom stereocenters. The number of pyridine rings is 1. The Morgan fingerprint density at radius 2 is 2.05 bits per heavy atom. The van der Waals surface area contributed by atoms with Crippen molar-refractivity contribution in [2.45, 2.75) is 11.1 Å². The van der Waals surface area contributed by atoms with Crippen LogP contribution in [0.1, 0.15) is 5.56 Å². The van der Waals surface area contributed by atoms with Crippen molar-refractivity contribution in [2.75, 3.05) is 4.72 Å². The van der Waals surface area contributed by atoms with Crippen molar-refractivity contribution in [1.29, 1.82) is 0 Å². The fourth-order valence-corrected chi connectivity index (χ4v) is 4.69. The van der Waals surface area contributed by atoms with Crippen LogP contribution in [0.3, 0.4) is 0 Å². The van der Waals surface area contributed by atoms with Crippen LogP contribution in [-0.2, 0) is 17.1 Å². The van der Waals surface area contributed by atoms with Gasteiger partial charge in [0.1, 0.15) is 4.21 Å². The van der Waals surface area contributed by atoms with Gasteiger partial charge in [-0.2, -0.15) is 0 Å². The van der Waals surface area contributed by atoms with E-state index in [-0.39, 0.29) is 9.77 Å². The molecule has 0 unspecified atom stereocenters. The van der Waals surface area contributed by atoms with Gasteiger partial charge >= 0.3 is 0 Å². The lowest BCUT2D eigenvalue weighted by Gasteiger charge is -2.07. The van der Waals surface area contributed by atoms with E-state index in [0.29, 0.717) is 5.69 Å². The van der Waals surface area contributed by atoms with Crippen molar-refractivity contribution in [3.05, 3.63) is 44.1 Å². The van der Waals surface area contributed by atoms with E-state index >= 15 is 0 Å². The SMILES string of the molecule is Cc1cc(S(=O)(=O)Nc2ccc(=O)n(C)c2)sc1Br. The third-order valence-electron chi connectivity index (χ3n) is 2.44. The lowest BCUT2D eigenvalue weighted by Crippen LogP contribution is -2.17. The topological polar surface area (TPSA) is 68.2 Å². The molecule has 0 amide bonds. The molecule has 0 saturated carbocycles. The summed E-state index contributed by atoms with van der Waals surface area (Å²) in [6.45, 7) is 1.83. The number of nitrogens with one attached hydrogen (secondary N) is 1. The zero-order chi connectivity index (χ0) is 14.2. The summed E-state index contributed by atoms with van der Waals surface area (Å²) in [4.78, 5) is 11.2. The summed E-state index contributed by atoms with van der Waals surface area (Å²) in [6, 6.07) is 4.35. The fraction of sp³-hybridized carbons (Fsp3) is 0.182. The number of aryl methyl sites for hydroxylation is 2. The van der Waals surface area contributed by atoms with Gasteiger partial charge in [0.2, 0.25) is 5.56 Å². The molecule has 19 heavy (non-hydrogen) atoms. The number of anilines is 1. The Morgan fingerprint density at radius 3 is 2.58 bits per heavy atom. The second-order valence-corrected chi connectivity index (χ2v) is 8.27. The summed E-state index contributed by atoms with van der Waals surface area (Å²) in [5.74, 6) is 0. The van der Waals surface area contributed by atoms with E-state index in [1.165, 1.54) is 22.9 Å². The molecule has 0 spiro atoms. The standard InChI is InChI=1S/C11H11BrN2O3S2/c1-7-5-10(18-11(7)12)19(16,17)13-8-3-4-9(15)14(2)6-8/h3-6,13H,1-2H3. The van der Waals surface area contributed by atoms with Crippen molar-refractivity contribution in [1.82, 2.24) is 4.57 Å². The van der Waals surface area contributed by atoms with Crippen LogP contribution in [0.25, 0.3) is 0 Å². The molecule has 0 aliphatic rings. The lowest BCUT2D eigenvalue weighted by molar-refractivity contribution is 0.603. The molecular formula is C11H11BrN2O3S2. The van der Waals surface area contributed by atoms with Crippen LogP contribution in [-0.4, -0.2) is 13.0 Å². The minimum absolute atomic E-state index is 0.197. The number of rotatable bonds is 3. The van der Waals surface area contributed by atoms with Gasteiger partial charge in [0, 0.05) is 19.3 Å². The smallest absolute Gasteiger partial charge is 0.271 e. The van der Waals surface area contributed by atoms with Crippen molar-refractivity contribution < 1.29 is 8.42 Å². The Kier molecular flexibility index (Phi) is 3.84. The molecule has 1 N–H and O–H groups in total. The van der Waals surface area contributed by atoms with Gasteiger partial charge in [-0.05, 0) is 40.5 Å². The number of aromatic nitrogens is 1. The van der Waals surface area contributed by atoms with Crippen molar-refractivity contribution >= 4 is 43.0 Å². The molecule has 102 valence electrons. The fourth-order valence-electron chi connectivity index (χ4n) is 1.42. The predicted molar refractivity (Wildman–Crippen MR) is 79.2 cm³/mol. The molecule has 0 bridgehead atoms. The summed E-state index contributed by atoms with van der Waals surface area (Å²) < 4.78 is 29.1. The zero-order valence-electron chi connectivity index (χ0n) is 10.2. The average molecular weight is 363 g/mol. The minimum Gasteiger partial charge on any atom is -0.316 e. The Balaban J connectivity index is 2.36. The van der Waals surface area contributed by atoms with Crippen molar-refractivity contribution in [3.63, 3.8) is 0 Å². The molecule has 2 aromatic rings. The predicted octanol–water partition coefficient (Wildman–Crippen LogP) is 2.32. The molecule has 0 aromatic carbocycles. The first-order valence-electron chi connectivity index (χ1n) is 5.25. The summed E-state index contributed by atoms with van der Waals surface area (Å²) >= 11 is 4.44. The number of halogens is 1. The van der Waals surface area contributed by atoms with Gasteiger partial charge in [-0.3, -0.25) is 9.52 Å². The van der Waals surface area contributed by atoms with E-state index in [4.69, 9.17) is 0 Å². The summed E-state index contributed by atoms with van der Waals surface area (Å²) in [5.41, 5.74) is 1.02. The molecule has 2 rings (SSSR count). The number of hydrogen-bond acceptors (Lipinski definition) is 4. The Hall–Kier alpha value is -1.12. The molecule has 0 radical (unpaired) electrons. The summed E-state index contributed by atoms with van der Waals surface area (Å²) in [7, 11) is -2.06. The molecule has 0 aliphatic heterocycles. The van der Waals surface area contributed by atoms with E-state index in [1.54, 1.807) is 13.1 Å². The van der Waals surface area contributed by atoms with Crippen LogP contribution in [0.5, 0.6) is 0 Å². The van der Waals surface area contributed by atoms with Gasteiger partial charge in [-0.25, -0.2) is 8.42 Å². The number of hydrogen-bond donors (Lipinski definition) is 1. The first kappa shape index (κ1) is 14.3.